The van der Waals surface area contributed by atoms with Crippen molar-refractivity contribution in [2.75, 3.05) is 19.5 Å². The van der Waals surface area contributed by atoms with Crippen LogP contribution in [0.15, 0.2) is 53.9 Å². The molecule has 0 spiro atoms. The number of para-hydroxylation sites is 1. The Morgan fingerprint density at radius 1 is 1.06 bits per heavy atom. The van der Waals surface area contributed by atoms with Gasteiger partial charge in [-0.3, -0.25) is 0 Å². The standard InChI is InChI=1S/C24H23N3O4S/c1-14-7-5-6-8-20(14)27-23(22(15(2)26-27)21-12-17(31-4)13-32-21)25-19-10-9-16(30-3)11-18(19)24(28)29/h5-13,25H,1-4H3,(H,28,29). The van der Waals surface area contributed by atoms with Crippen molar-refractivity contribution in [3.05, 3.63) is 70.7 Å². The average molecular weight is 450 g/mol. The van der Waals surface area contributed by atoms with E-state index < -0.39 is 5.97 Å². The van der Waals surface area contributed by atoms with Crippen LogP contribution in [0.2, 0.25) is 0 Å². The zero-order valence-electron chi connectivity index (χ0n) is 18.2. The molecule has 0 unspecified atom stereocenters. The number of aromatic nitrogens is 2. The van der Waals surface area contributed by atoms with E-state index in [4.69, 9.17) is 14.6 Å². The second-order valence-electron chi connectivity index (χ2n) is 7.20. The minimum absolute atomic E-state index is 0.106. The van der Waals surface area contributed by atoms with Gasteiger partial charge in [0.05, 0.1) is 42.4 Å². The van der Waals surface area contributed by atoms with Crippen LogP contribution >= 0.6 is 11.3 Å². The van der Waals surface area contributed by atoms with Crippen LogP contribution in [0.4, 0.5) is 11.5 Å². The van der Waals surface area contributed by atoms with E-state index in [1.165, 1.54) is 13.2 Å². The summed E-state index contributed by atoms with van der Waals surface area (Å²) < 4.78 is 12.4. The van der Waals surface area contributed by atoms with Crippen molar-refractivity contribution in [3.8, 4) is 27.6 Å². The van der Waals surface area contributed by atoms with E-state index in [0.717, 1.165) is 33.1 Å². The molecule has 2 N–H and O–H groups in total. The Hall–Kier alpha value is -3.78. The highest BCUT2D eigenvalue weighted by molar-refractivity contribution is 7.14. The molecule has 2 aromatic heterocycles. The second kappa shape index (κ2) is 8.76. The number of carbonyl (C=O) groups is 1. The molecule has 0 amide bonds. The number of nitrogens with one attached hydrogen (secondary N) is 1. The van der Waals surface area contributed by atoms with Crippen molar-refractivity contribution in [2.24, 2.45) is 0 Å². The summed E-state index contributed by atoms with van der Waals surface area (Å²) in [5.41, 5.74) is 4.19. The molecule has 2 heterocycles. The van der Waals surface area contributed by atoms with Gasteiger partial charge in [0.25, 0.3) is 0 Å². The number of carboxylic acids is 1. The van der Waals surface area contributed by atoms with Crippen molar-refractivity contribution in [1.29, 1.82) is 0 Å². The van der Waals surface area contributed by atoms with Crippen LogP contribution in [0, 0.1) is 13.8 Å². The number of aryl methyl sites for hydroxylation is 2. The number of anilines is 2. The zero-order chi connectivity index (χ0) is 22.8. The molecule has 0 saturated heterocycles. The van der Waals surface area contributed by atoms with Gasteiger partial charge in [-0.1, -0.05) is 18.2 Å². The molecule has 32 heavy (non-hydrogen) atoms. The summed E-state index contributed by atoms with van der Waals surface area (Å²) >= 11 is 1.54. The monoisotopic (exact) mass is 449 g/mol. The third kappa shape index (κ3) is 3.92. The van der Waals surface area contributed by atoms with Crippen molar-refractivity contribution in [3.63, 3.8) is 0 Å². The van der Waals surface area contributed by atoms with Crippen LogP contribution in [0.3, 0.4) is 0 Å². The second-order valence-corrected chi connectivity index (χ2v) is 8.11. The number of benzene rings is 2. The molecule has 0 aliphatic carbocycles. The zero-order valence-corrected chi connectivity index (χ0v) is 19.0. The Morgan fingerprint density at radius 3 is 2.47 bits per heavy atom. The smallest absolute Gasteiger partial charge is 0.337 e. The van der Waals surface area contributed by atoms with Gasteiger partial charge >= 0.3 is 5.97 Å². The molecule has 0 fully saturated rings. The fourth-order valence-electron chi connectivity index (χ4n) is 3.53. The molecule has 0 saturated carbocycles. The molecule has 2 aromatic carbocycles. The van der Waals surface area contributed by atoms with Crippen LogP contribution < -0.4 is 14.8 Å². The highest BCUT2D eigenvalue weighted by Gasteiger charge is 2.23. The van der Waals surface area contributed by atoms with E-state index in [1.807, 2.05) is 54.2 Å². The van der Waals surface area contributed by atoms with Gasteiger partial charge in [-0.25, -0.2) is 9.48 Å². The lowest BCUT2D eigenvalue weighted by Crippen LogP contribution is -2.08. The largest absolute Gasteiger partial charge is 0.497 e. The summed E-state index contributed by atoms with van der Waals surface area (Å²) in [5, 5.41) is 19.9. The number of rotatable bonds is 7. The van der Waals surface area contributed by atoms with Gasteiger partial charge in [0.15, 0.2) is 0 Å². The van der Waals surface area contributed by atoms with Gasteiger partial charge in [0.1, 0.15) is 17.3 Å². The highest BCUT2D eigenvalue weighted by atomic mass is 32.1. The highest BCUT2D eigenvalue weighted by Crippen LogP contribution is 2.41. The Morgan fingerprint density at radius 2 is 1.81 bits per heavy atom. The predicted molar refractivity (Wildman–Crippen MR) is 126 cm³/mol. The van der Waals surface area contributed by atoms with E-state index in [2.05, 4.69) is 5.32 Å². The fraction of sp³-hybridized carbons (Fsp3) is 0.167. The molecular formula is C24H23N3O4S. The van der Waals surface area contributed by atoms with Gasteiger partial charge in [0.2, 0.25) is 0 Å². The number of aromatic carboxylic acids is 1. The van der Waals surface area contributed by atoms with Gasteiger partial charge in [-0.15, -0.1) is 11.3 Å². The lowest BCUT2D eigenvalue weighted by atomic mass is 10.1. The quantitative estimate of drug-likeness (QED) is 0.378. The Balaban J connectivity index is 1.93. The number of hydrogen-bond donors (Lipinski definition) is 2. The van der Waals surface area contributed by atoms with Gasteiger partial charge in [-0.2, -0.15) is 5.10 Å². The Kier molecular flexibility index (Phi) is 5.87. The minimum atomic E-state index is -1.05. The summed E-state index contributed by atoms with van der Waals surface area (Å²) in [7, 11) is 3.14. The summed E-state index contributed by atoms with van der Waals surface area (Å²) in [6.45, 7) is 3.95. The third-order valence-corrected chi connectivity index (χ3v) is 6.10. The molecule has 0 aliphatic rings. The molecule has 0 atom stereocenters. The van der Waals surface area contributed by atoms with Gasteiger partial charge in [-0.05, 0) is 49.7 Å². The number of ether oxygens (including phenoxy) is 2. The lowest BCUT2D eigenvalue weighted by Gasteiger charge is -2.15. The molecule has 0 bridgehead atoms. The van der Waals surface area contributed by atoms with E-state index >= 15 is 0 Å². The van der Waals surface area contributed by atoms with Crippen LogP contribution in [0.1, 0.15) is 21.6 Å². The van der Waals surface area contributed by atoms with E-state index in [9.17, 15) is 9.90 Å². The van der Waals surface area contributed by atoms with Crippen LogP contribution in [-0.4, -0.2) is 35.1 Å². The average Bonchev–Trinajstić information content (AvgIpc) is 3.38. The topological polar surface area (TPSA) is 85.6 Å². The maximum atomic E-state index is 12.0. The van der Waals surface area contributed by atoms with Crippen molar-refractivity contribution in [1.82, 2.24) is 9.78 Å². The summed E-state index contributed by atoms with van der Waals surface area (Å²) in [6.07, 6.45) is 0. The van der Waals surface area contributed by atoms with Crippen LogP contribution in [0.5, 0.6) is 11.5 Å². The maximum Gasteiger partial charge on any atom is 0.337 e. The van der Waals surface area contributed by atoms with Gasteiger partial charge in [0, 0.05) is 10.3 Å². The molecule has 0 aliphatic heterocycles. The summed E-state index contributed by atoms with van der Waals surface area (Å²) in [5.74, 6) is 0.854. The third-order valence-electron chi connectivity index (χ3n) is 5.17. The first-order chi connectivity index (χ1) is 15.4. The Bertz CT molecular complexity index is 1290. The first-order valence-corrected chi connectivity index (χ1v) is 10.8. The normalized spacial score (nSPS) is 10.8. The van der Waals surface area contributed by atoms with Crippen LogP contribution in [0.25, 0.3) is 16.1 Å². The number of thiophene rings is 1. The van der Waals surface area contributed by atoms with E-state index in [1.54, 1.807) is 30.6 Å². The fourth-order valence-corrected chi connectivity index (χ4v) is 4.49. The number of methoxy groups -OCH3 is 2. The first kappa shape index (κ1) is 21.5. The number of nitrogens with zero attached hydrogens (tertiary/aromatic N) is 2. The van der Waals surface area contributed by atoms with Crippen molar-refractivity contribution < 1.29 is 19.4 Å². The molecule has 4 rings (SSSR count). The molecule has 4 aromatic rings. The molecule has 0 radical (unpaired) electrons. The summed E-state index contributed by atoms with van der Waals surface area (Å²) in [4.78, 5) is 12.9. The molecule has 7 nitrogen and oxygen atoms in total. The van der Waals surface area contributed by atoms with E-state index in [0.29, 0.717) is 17.3 Å². The molecule has 164 valence electrons. The number of hydrogen-bond acceptors (Lipinski definition) is 6. The van der Waals surface area contributed by atoms with Crippen molar-refractivity contribution in [2.45, 2.75) is 13.8 Å². The lowest BCUT2D eigenvalue weighted by molar-refractivity contribution is 0.0697. The SMILES string of the molecule is COc1csc(-c2c(C)nn(-c3ccccc3C)c2Nc2ccc(OC)cc2C(=O)O)c1. The molecular weight excluding hydrogens is 426 g/mol. The minimum Gasteiger partial charge on any atom is -0.497 e. The predicted octanol–water partition coefficient (Wildman–Crippen LogP) is 5.68. The Labute approximate surface area is 189 Å². The van der Waals surface area contributed by atoms with Crippen molar-refractivity contribution >= 4 is 28.8 Å². The molecule has 8 heteroatoms. The van der Waals surface area contributed by atoms with E-state index in [-0.39, 0.29) is 5.56 Å². The maximum absolute atomic E-state index is 12.0. The first-order valence-electron chi connectivity index (χ1n) is 9.89. The summed E-state index contributed by atoms with van der Waals surface area (Å²) in [6, 6.07) is 14.8. The number of carboxylic acid groups (broad SMARTS) is 1. The van der Waals surface area contributed by atoms with Gasteiger partial charge < -0.3 is 19.9 Å². The van der Waals surface area contributed by atoms with Crippen LogP contribution in [-0.2, 0) is 0 Å².